The molecule has 6 nitrogen and oxygen atoms in total. The Labute approximate surface area is 167 Å². The zero-order valence-corrected chi connectivity index (χ0v) is 16.3. The molecule has 0 aliphatic carbocycles. The number of piperidine rings is 2. The van der Waals surface area contributed by atoms with E-state index in [0.29, 0.717) is 32.5 Å². The average molecular weight is 414 g/mol. The van der Waals surface area contributed by atoms with Gasteiger partial charge in [-0.05, 0) is 37.1 Å². The number of nitrogens with zero attached hydrogens (tertiary/aromatic N) is 2. The van der Waals surface area contributed by atoms with Crippen LogP contribution in [0.1, 0.15) is 19.3 Å². The fraction of sp³-hybridized carbons (Fsp3) is 0.600. The highest BCUT2D eigenvalue weighted by Crippen LogP contribution is 2.45. The predicted octanol–water partition coefficient (Wildman–Crippen LogP) is 2.33. The number of halogens is 3. The maximum atomic E-state index is 14.5. The molecule has 1 unspecified atom stereocenters. The SMILES string of the molecule is COCCN1CCCC2(CN(C(=O)COc3ccc(F)cc3)CC(F)(F)C2)C1=O. The van der Waals surface area contributed by atoms with Gasteiger partial charge < -0.3 is 19.3 Å². The summed E-state index contributed by atoms with van der Waals surface area (Å²) < 4.78 is 52.3. The van der Waals surface area contributed by atoms with Crippen LogP contribution < -0.4 is 4.74 Å². The molecular weight excluding hydrogens is 389 g/mol. The van der Waals surface area contributed by atoms with Crippen LogP contribution in [0.25, 0.3) is 0 Å². The lowest BCUT2D eigenvalue weighted by Crippen LogP contribution is -2.62. The Morgan fingerprint density at radius 2 is 1.93 bits per heavy atom. The third-order valence-corrected chi connectivity index (χ3v) is 5.43. The molecule has 160 valence electrons. The number of benzene rings is 1. The molecule has 2 heterocycles. The van der Waals surface area contributed by atoms with E-state index < -0.39 is 42.6 Å². The lowest BCUT2D eigenvalue weighted by Gasteiger charge is -2.49. The normalized spacial score (nSPS) is 24.1. The van der Waals surface area contributed by atoms with E-state index in [1.54, 1.807) is 4.90 Å². The Bertz CT molecular complexity index is 744. The van der Waals surface area contributed by atoms with Gasteiger partial charge in [-0.1, -0.05) is 0 Å². The largest absolute Gasteiger partial charge is 0.484 e. The summed E-state index contributed by atoms with van der Waals surface area (Å²) in [5.41, 5.74) is -1.29. The Balaban J connectivity index is 1.70. The van der Waals surface area contributed by atoms with Crippen LogP contribution in [0.15, 0.2) is 24.3 Å². The van der Waals surface area contributed by atoms with Crippen molar-refractivity contribution in [3.05, 3.63) is 30.1 Å². The highest BCUT2D eigenvalue weighted by atomic mass is 19.3. The molecule has 2 amide bonds. The second-order valence-electron chi connectivity index (χ2n) is 7.69. The summed E-state index contributed by atoms with van der Waals surface area (Å²) in [7, 11) is 1.51. The van der Waals surface area contributed by atoms with Crippen molar-refractivity contribution in [3.63, 3.8) is 0 Å². The van der Waals surface area contributed by atoms with Gasteiger partial charge in [0.05, 0.1) is 18.6 Å². The van der Waals surface area contributed by atoms with Gasteiger partial charge in [-0.2, -0.15) is 0 Å². The number of hydrogen-bond donors (Lipinski definition) is 0. The van der Waals surface area contributed by atoms with E-state index in [0.717, 1.165) is 4.90 Å². The molecule has 0 N–H and O–H groups in total. The van der Waals surface area contributed by atoms with E-state index >= 15 is 0 Å². The van der Waals surface area contributed by atoms with E-state index in [4.69, 9.17) is 9.47 Å². The maximum Gasteiger partial charge on any atom is 0.266 e. The lowest BCUT2D eigenvalue weighted by molar-refractivity contribution is -0.175. The molecule has 2 fully saturated rings. The van der Waals surface area contributed by atoms with Crippen molar-refractivity contribution in [2.24, 2.45) is 5.41 Å². The summed E-state index contributed by atoms with van der Waals surface area (Å²) in [5, 5.41) is 0. The molecule has 2 aliphatic heterocycles. The first kappa shape index (κ1) is 21.4. The summed E-state index contributed by atoms with van der Waals surface area (Å²) in [5.74, 6) is -4.33. The Morgan fingerprint density at radius 1 is 1.21 bits per heavy atom. The van der Waals surface area contributed by atoms with E-state index in [-0.39, 0.29) is 18.2 Å². The second kappa shape index (κ2) is 8.61. The number of rotatable bonds is 6. The highest BCUT2D eigenvalue weighted by molar-refractivity contribution is 5.86. The van der Waals surface area contributed by atoms with Crippen LogP contribution in [0, 0.1) is 11.2 Å². The number of methoxy groups -OCH3 is 1. The van der Waals surface area contributed by atoms with Crippen molar-refractivity contribution in [2.45, 2.75) is 25.2 Å². The molecule has 3 rings (SSSR count). The molecule has 1 aromatic carbocycles. The quantitative estimate of drug-likeness (QED) is 0.717. The minimum absolute atomic E-state index is 0.0590. The minimum atomic E-state index is -3.16. The molecule has 1 spiro atoms. The first-order valence-electron chi connectivity index (χ1n) is 9.57. The van der Waals surface area contributed by atoms with Gasteiger partial charge in [-0.15, -0.1) is 0 Å². The molecule has 2 aliphatic rings. The van der Waals surface area contributed by atoms with Crippen molar-refractivity contribution in [2.75, 3.05) is 46.5 Å². The van der Waals surface area contributed by atoms with Gasteiger partial charge >= 0.3 is 0 Å². The monoisotopic (exact) mass is 414 g/mol. The molecule has 29 heavy (non-hydrogen) atoms. The Hall–Kier alpha value is -2.29. The van der Waals surface area contributed by atoms with Gasteiger partial charge in [-0.3, -0.25) is 9.59 Å². The molecule has 0 aromatic heterocycles. The summed E-state index contributed by atoms with van der Waals surface area (Å²) in [6.07, 6.45) is 0.345. The van der Waals surface area contributed by atoms with Crippen molar-refractivity contribution in [1.82, 2.24) is 9.80 Å². The summed E-state index contributed by atoms with van der Waals surface area (Å²) in [4.78, 5) is 28.1. The number of alkyl halides is 2. The van der Waals surface area contributed by atoms with Crippen LogP contribution in [0.4, 0.5) is 13.2 Å². The molecule has 1 atom stereocenters. The number of hydrogen-bond acceptors (Lipinski definition) is 4. The first-order valence-corrected chi connectivity index (χ1v) is 9.57. The molecule has 2 saturated heterocycles. The first-order chi connectivity index (χ1) is 13.7. The summed E-state index contributed by atoms with van der Waals surface area (Å²) in [6.45, 7) is -0.102. The fourth-order valence-corrected chi connectivity index (χ4v) is 4.13. The number of likely N-dealkylation sites (tertiary alicyclic amines) is 2. The van der Waals surface area contributed by atoms with E-state index in [9.17, 15) is 22.8 Å². The zero-order valence-electron chi connectivity index (χ0n) is 16.3. The van der Waals surface area contributed by atoms with E-state index in [2.05, 4.69) is 0 Å². The summed E-state index contributed by atoms with van der Waals surface area (Å²) in [6, 6.07) is 5.07. The van der Waals surface area contributed by atoms with Gasteiger partial charge in [0.2, 0.25) is 5.91 Å². The van der Waals surface area contributed by atoms with Gasteiger partial charge in [0.15, 0.2) is 6.61 Å². The third-order valence-electron chi connectivity index (χ3n) is 5.43. The number of ether oxygens (including phenoxy) is 2. The van der Waals surface area contributed by atoms with Crippen molar-refractivity contribution in [3.8, 4) is 5.75 Å². The Kier molecular flexibility index (Phi) is 6.36. The molecule has 0 saturated carbocycles. The molecule has 1 aromatic rings. The van der Waals surface area contributed by atoms with Gasteiger partial charge in [-0.25, -0.2) is 13.2 Å². The second-order valence-corrected chi connectivity index (χ2v) is 7.69. The van der Waals surface area contributed by atoms with Gasteiger partial charge in [0.25, 0.3) is 11.8 Å². The standard InChI is InChI=1S/C20H25F3N2O4/c1-28-10-9-24-8-2-7-19(18(24)27)12-20(22,23)14-25(13-19)17(26)11-29-16-5-3-15(21)4-6-16/h3-6H,2,7-14H2,1H3. The van der Waals surface area contributed by atoms with E-state index in [1.165, 1.54) is 31.4 Å². The average Bonchev–Trinajstić information content (AvgIpc) is 2.67. The fourth-order valence-electron chi connectivity index (χ4n) is 4.13. The highest BCUT2D eigenvalue weighted by Gasteiger charge is 2.56. The van der Waals surface area contributed by atoms with Crippen molar-refractivity contribution < 1.29 is 32.2 Å². The van der Waals surface area contributed by atoms with E-state index in [1.807, 2.05) is 0 Å². The molecular formula is C20H25F3N2O4. The van der Waals surface area contributed by atoms with Crippen LogP contribution in [-0.4, -0.2) is 74.0 Å². The van der Waals surface area contributed by atoms with Crippen molar-refractivity contribution >= 4 is 11.8 Å². The third kappa shape index (κ3) is 5.01. The van der Waals surface area contributed by atoms with Crippen LogP contribution in [0.2, 0.25) is 0 Å². The van der Waals surface area contributed by atoms with Crippen LogP contribution in [-0.2, 0) is 14.3 Å². The summed E-state index contributed by atoms with van der Waals surface area (Å²) >= 11 is 0. The lowest BCUT2D eigenvalue weighted by atomic mass is 9.71. The maximum absolute atomic E-state index is 14.5. The minimum Gasteiger partial charge on any atom is -0.484 e. The number of carbonyl (C=O) groups is 2. The van der Waals surface area contributed by atoms with Gasteiger partial charge in [0.1, 0.15) is 11.6 Å². The predicted molar refractivity (Wildman–Crippen MR) is 98.2 cm³/mol. The van der Waals surface area contributed by atoms with Crippen LogP contribution in [0.3, 0.4) is 0 Å². The van der Waals surface area contributed by atoms with Crippen LogP contribution in [0.5, 0.6) is 5.75 Å². The Morgan fingerprint density at radius 3 is 2.62 bits per heavy atom. The smallest absolute Gasteiger partial charge is 0.266 e. The van der Waals surface area contributed by atoms with Crippen molar-refractivity contribution in [1.29, 1.82) is 0 Å². The zero-order chi connectivity index (χ0) is 21.1. The number of carbonyl (C=O) groups excluding carboxylic acids is 2. The number of amides is 2. The van der Waals surface area contributed by atoms with Gasteiger partial charge in [0, 0.05) is 33.2 Å². The molecule has 9 heteroatoms. The van der Waals surface area contributed by atoms with Crippen LogP contribution >= 0.6 is 0 Å². The topological polar surface area (TPSA) is 59.1 Å². The molecule has 0 radical (unpaired) electrons. The molecule has 0 bridgehead atoms.